The highest BCUT2D eigenvalue weighted by atomic mass is 16.8. The molecule has 0 saturated carbocycles. The van der Waals surface area contributed by atoms with Crippen LogP contribution < -0.4 is 5.48 Å². The van der Waals surface area contributed by atoms with Crippen molar-refractivity contribution < 1.29 is 19.8 Å². The summed E-state index contributed by atoms with van der Waals surface area (Å²) < 4.78 is 0. The highest BCUT2D eigenvalue weighted by molar-refractivity contribution is 5.93. The normalized spacial score (nSPS) is 11.2. The summed E-state index contributed by atoms with van der Waals surface area (Å²) in [5.74, 6) is -2.84. The fourth-order valence-corrected chi connectivity index (χ4v) is 1.23. The molecule has 1 aromatic rings. The highest BCUT2D eigenvalue weighted by Gasteiger charge is 2.25. The van der Waals surface area contributed by atoms with Crippen molar-refractivity contribution in [2.75, 3.05) is 0 Å². The fraction of sp³-hybridized carbons (Fsp3) is 0.417. The number of hydrogen-bond donors (Lipinski definition) is 3. The Morgan fingerprint density at radius 2 is 2.00 bits per heavy atom. The first-order valence-corrected chi connectivity index (χ1v) is 5.53. The van der Waals surface area contributed by atoms with Crippen molar-refractivity contribution in [2.45, 2.75) is 32.2 Å². The summed E-state index contributed by atoms with van der Waals surface area (Å²) in [5, 5.41) is 18.7. The summed E-state index contributed by atoms with van der Waals surface area (Å²) in [5.41, 5.74) is 2.40. The van der Waals surface area contributed by atoms with Gasteiger partial charge in [-0.3, -0.25) is 4.79 Å². The van der Waals surface area contributed by atoms with Crippen molar-refractivity contribution in [3.05, 3.63) is 35.9 Å². The number of rotatable bonds is 6. The zero-order valence-corrected chi connectivity index (χ0v) is 9.72. The minimum Gasteiger partial charge on any atom is -0.342 e. The number of nitrogens with one attached hydrogen (secondary N) is 1. The van der Waals surface area contributed by atoms with Crippen molar-refractivity contribution in [3.8, 4) is 0 Å². The summed E-state index contributed by atoms with van der Waals surface area (Å²) >= 11 is 0. The van der Waals surface area contributed by atoms with Gasteiger partial charge in [-0.15, -0.1) is 0 Å². The van der Waals surface area contributed by atoms with E-state index in [2.05, 4.69) is 4.84 Å². The van der Waals surface area contributed by atoms with Crippen LogP contribution in [0.15, 0.2) is 30.3 Å². The average molecular weight is 239 g/mol. The van der Waals surface area contributed by atoms with Crippen molar-refractivity contribution in [1.82, 2.24) is 5.48 Å². The number of unbranched alkanes of at least 4 members (excludes halogenated alkanes) is 1. The zero-order valence-electron chi connectivity index (χ0n) is 9.72. The summed E-state index contributed by atoms with van der Waals surface area (Å²) in [6.07, 6.45) is 1.44. The molecule has 5 heteroatoms. The van der Waals surface area contributed by atoms with Gasteiger partial charge in [0, 0.05) is 12.0 Å². The molecule has 5 nitrogen and oxygen atoms in total. The van der Waals surface area contributed by atoms with Gasteiger partial charge in [-0.1, -0.05) is 31.5 Å². The van der Waals surface area contributed by atoms with Crippen LogP contribution in [-0.2, 0) is 4.84 Å². The summed E-state index contributed by atoms with van der Waals surface area (Å²) in [4.78, 5) is 16.1. The molecule has 1 aromatic carbocycles. The molecule has 0 fully saturated rings. The Morgan fingerprint density at radius 3 is 2.59 bits per heavy atom. The molecule has 0 radical (unpaired) electrons. The maximum absolute atomic E-state index is 11.5. The predicted octanol–water partition coefficient (Wildman–Crippen LogP) is 1.18. The van der Waals surface area contributed by atoms with Crippen LogP contribution in [0.4, 0.5) is 0 Å². The Bertz CT molecular complexity index is 351. The van der Waals surface area contributed by atoms with Gasteiger partial charge in [0.15, 0.2) is 0 Å². The lowest BCUT2D eigenvalue weighted by Gasteiger charge is -2.20. The molecule has 0 aliphatic carbocycles. The Kier molecular flexibility index (Phi) is 5.09. The van der Waals surface area contributed by atoms with Crippen LogP contribution in [0.2, 0.25) is 0 Å². The number of carbonyl (C=O) groups excluding carboxylic acids is 1. The SMILES string of the molecule is CCCCC(O)(O)ONC(=O)c1ccccc1. The first-order chi connectivity index (χ1) is 8.05. The highest BCUT2D eigenvalue weighted by Crippen LogP contribution is 2.11. The van der Waals surface area contributed by atoms with Crippen molar-refractivity contribution in [3.63, 3.8) is 0 Å². The molecule has 94 valence electrons. The molecule has 0 aromatic heterocycles. The molecule has 0 saturated heterocycles. The van der Waals surface area contributed by atoms with Gasteiger partial charge in [0.05, 0.1) is 0 Å². The van der Waals surface area contributed by atoms with Crippen LogP contribution in [0.1, 0.15) is 36.5 Å². The molecule has 1 amide bonds. The largest absolute Gasteiger partial charge is 0.342 e. The quantitative estimate of drug-likeness (QED) is 0.514. The van der Waals surface area contributed by atoms with E-state index in [9.17, 15) is 15.0 Å². The van der Waals surface area contributed by atoms with E-state index in [4.69, 9.17) is 0 Å². The van der Waals surface area contributed by atoms with Crippen LogP contribution in [0.5, 0.6) is 0 Å². The van der Waals surface area contributed by atoms with E-state index >= 15 is 0 Å². The van der Waals surface area contributed by atoms with E-state index in [1.807, 2.05) is 12.4 Å². The third kappa shape index (κ3) is 4.95. The molecule has 0 aliphatic rings. The number of benzene rings is 1. The number of hydrogen-bond acceptors (Lipinski definition) is 4. The molecule has 0 atom stereocenters. The van der Waals surface area contributed by atoms with Gasteiger partial charge in [0.25, 0.3) is 11.9 Å². The molecule has 0 bridgehead atoms. The third-order valence-electron chi connectivity index (χ3n) is 2.20. The Hall–Kier alpha value is -1.43. The number of amides is 1. The fourth-order valence-electron chi connectivity index (χ4n) is 1.23. The summed E-state index contributed by atoms with van der Waals surface area (Å²) in [6.45, 7) is 1.92. The van der Waals surface area contributed by atoms with E-state index in [0.717, 1.165) is 6.42 Å². The second kappa shape index (κ2) is 6.34. The molecule has 0 aliphatic heterocycles. The van der Waals surface area contributed by atoms with Crippen molar-refractivity contribution >= 4 is 5.91 Å². The van der Waals surface area contributed by atoms with E-state index < -0.39 is 11.9 Å². The number of aliphatic hydroxyl groups is 2. The first kappa shape index (κ1) is 13.6. The molecule has 0 unspecified atom stereocenters. The molecular weight excluding hydrogens is 222 g/mol. The minimum atomic E-state index is -2.32. The summed E-state index contributed by atoms with van der Waals surface area (Å²) in [7, 11) is 0. The zero-order chi connectivity index (χ0) is 12.7. The second-order valence-electron chi connectivity index (χ2n) is 3.75. The Labute approximate surface area is 100.0 Å². The Balaban J connectivity index is 2.43. The van der Waals surface area contributed by atoms with E-state index in [-0.39, 0.29) is 6.42 Å². The predicted molar refractivity (Wildman–Crippen MR) is 61.7 cm³/mol. The maximum Gasteiger partial charge on any atom is 0.300 e. The molecule has 17 heavy (non-hydrogen) atoms. The molecule has 0 spiro atoms. The van der Waals surface area contributed by atoms with Gasteiger partial charge >= 0.3 is 0 Å². The molecular formula is C12H17NO4. The average Bonchev–Trinajstić information content (AvgIpc) is 2.35. The van der Waals surface area contributed by atoms with Crippen LogP contribution in [0, 0.1) is 0 Å². The van der Waals surface area contributed by atoms with E-state index in [1.54, 1.807) is 30.3 Å². The van der Waals surface area contributed by atoms with Crippen LogP contribution in [0.3, 0.4) is 0 Å². The molecule has 3 N–H and O–H groups in total. The lowest BCUT2D eigenvalue weighted by Crippen LogP contribution is -2.40. The monoisotopic (exact) mass is 239 g/mol. The lowest BCUT2D eigenvalue weighted by molar-refractivity contribution is -0.357. The van der Waals surface area contributed by atoms with Crippen LogP contribution in [-0.4, -0.2) is 22.1 Å². The Morgan fingerprint density at radius 1 is 1.35 bits per heavy atom. The minimum absolute atomic E-state index is 0.0402. The topological polar surface area (TPSA) is 78.8 Å². The van der Waals surface area contributed by atoms with E-state index in [0.29, 0.717) is 12.0 Å². The van der Waals surface area contributed by atoms with Crippen LogP contribution in [0.25, 0.3) is 0 Å². The van der Waals surface area contributed by atoms with Gasteiger partial charge in [-0.25, -0.2) is 10.3 Å². The number of hydroxylamine groups is 1. The van der Waals surface area contributed by atoms with Gasteiger partial charge < -0.3 is 10.2 Å². The first-order valence-electron chi connectivity index (χ1n) is 5.53. The van der Waals surface area contributed by atoms with Gasteiger partial charge in [0.1, 0.15) is 0 Å². The maximum atomic E-state index is 11.5. The van der Waals surface area contributed by atoms with Crippen LogP contribution >= 0.6 is 0 Å². The lowest BCUT2D eigenvalue weighted by atomic mass is 10.2. The summed E-state index contributed by atoms with van der Waals surface area (Å²) in [6, 6.07) is 8.39. The van der Waals surface area contributed by atoms with Crippen molar-refractivity contribution in [2.24, 2.45) is 0 Å². The molecule has 0 heterocycles. The second-order valence-corrected chi connectivity index (χ2v) is 3.75. The van der Waals surface area contributed by atoms with Gasteiger partial charge in [-0.2, -0.15) is 0 Å². The van der Waals surface area contributed by atoms with Gasteiger partial charge in [-0.05, 0) is 18.6 Å². The third-order valence-corrected chi connectivity index (χ3v) is 2.20. The van der Waals surface area contributed by atoms with Crippen molar-refractivity contribution in [1.29, 1.82) is 0 Å². The van der Waals surface area contributed by atoms with E-state index in [1.165, 1.54) is 0 Å². The smallest absolute Gasteiger partial charge is 0.300 e. The standard InChI is InChI=1S/C12H17NO4/c1-2-3-9-12(15,16)17-13-11(14)10-7-5-4-6-8-10/h4-8,15-16H,2-3,9H2,1H3,(H,13,14). The molecule has 1 rings (SSSR count). The van der Waals surface area contributed by atoms with Gasteiger partial charge in [0.2, 0.25) is 0 Å². The number of carbonyl (C=O) groups is 1.